The first-order chi connectivity index (χ1) is 7.61. The highest BCUT2D eigenvalue weighted by Gasteiger charge is 2.05. The van der Waals surface area contributed by atoms with Crippen LogP contribution in [0.2, 0.25) is 0 Å². The van der Waals surface area contributed by atoms with Crippen LogP contribution in [0.15, 0.2) is 12.1 Å². The number of nitrogens with two attached hydrogens (primary N) is 1. The summed E-state index contributed by atoms with van der Waals surface area (Å²) in [7, 11) is 0. The first-order valence-electron chi connectivity index (χ1n) is 6.15. The van der Waals surface area contributed by atoms with Crippen LogP contribution in [0.25, 0.3) is 0 Å². The molecule has 0 radical (unpaired) electrons. The maximum atomic E-state index is 6.01. The molecule has 1 heterocycles. The summed E-state index contributed by atoms with van der Waals surface area (Å²) in [6.07, 6.45) is 2.23. The summed E-state index contributed by atoms with van der Waals surface area (Å²) in [6.45, 7) is 8.49. The second kappa shape index (κ2) is 7.05. The minimum absolute atomic E-state index is 0.283. The summed E-state index contributed by atoms with van der Waals surface area (Å²) < 4.78 is 0. The van der Waals surface area contributed by atoms with E-state index in [0.717, 1.165) is 25.9 Å². The average Bonchev–Trinajstić information content (AvgIpc) is 2.64. The highest BCUT2D eigenvalue weighted by Crippen LogP contribution is 2.16. The minimum atomic E-state index is 0.283. The van der Waals surface area contributed by atoms with Crippen LogP contribution in [-0.2, 0) is 13.0 Å². The highest BCUT2D eigenvalue weighted by molar-refractivity contribution is 7.11. The van der Waals surface area contributed by atoms with Gasteiger partial charge in [0.15, 0.2) is 0 Å². The van der Waals surface area contributed by atoms with Crippen molar-refractivity contribution < 1.29 is 0 Å². The Balaban J connectivity index is 2.19. The monoisotopic (exact) mass is 240 g/mol. The first-order valence-corrected chi connectivity index (χ1v) is 6.97. The van der Waals surface area contributed by atoms with E-state index in [-0.39, 0.29) is 6.04 Å². The van der Waals surface area contributed by atoms with Crippen LogP contribution in [0.3, 0.4) is 0 Å². The molecule has 0 aliphatic heterocycles. The number of hydrogen-bond donors (Lipinski definition) is 2. The van der Waals surface area contributed by atoms with Crippen molar-refractivity contribution in [2.24, 2.45) is 11.7 Å². The summed E-state index contributed by atoms with van der Waals surface area (Å²) in [4.78, 5) is 2.87. The lowest BCUT2D eigenvalue weighted by molar-refractivity contribution is 0.468. The fourth-order valence-corrected chi connectivity index (χ4v) is 2.70. The van der Waals surface area contributed by atoms with Gasteiger partial charge >= 0.3 is 0 Å². The molecule has 1 atom stereocenters. The Kier molecular flexibility index (Phi) is 6.03. The van der Waals surface area contributed by atoms with Crippen LogP contribution in [-0.4, -0.2) is 12.6 Å². The standard InChI is InChI=1S/C13H24N2S/c1-4-12-5-6-13(16-12)9-15-8-11(14)7-10(2)3/h5-6,10-11,15H,4,7-9,14H2,1-3H3. The van der Waals surface area contributed by atoms with Crippen LogP contribution in [0.4, 0.5) is 0 Å². The molecule has 0 aromatic carbocycles. The van der Waals surface area contributed by atoms with Crippen molar-refractivity contribution in [3.05, 3.63) is 21.9 Å². The van der Waals surface area contributed by atoms with Crippen LogP contribution in [0, 0.1) is 5.92 Å². The molecule has 16 heavy (non-hydrogen) atoms. The summed E-state index contributed by atoms with van der Waals surface area (Å²) in [6, 6.07) is 4.71. The van der Waals surface area contributed by atoms with Gasteiger partial charge in [0.2, 0.25) is 0 Å². The molecular formula is C13H24N2S. The third kappa shape index (κ3) is 5.10. The Morgan fingerprint density at radius 1 is 1.31 bits per heavy atom. The first kappa shape index (κ1) is 13.7. The third-order valence-corrected chi connectivity index (χ3v) is 3.78. The Morgan fingerprint density at radius 2 is 2.00 bits per heavy atom. The molecule has 3 heteroatoms. The molecule has 0 saturated carbocycles. The van der Waals surface area contributed by atoms with Gasteiger partial charge in [-0.1, -0.05) is 20.8 Å². The predicted octanol–water partition coefficient (Wildman–Crippen LogP) is 2.77. The second-order valence-electron chi connectivity index (χ2n) is 4.74. The van der Waals surface area contributed by atoms with E-state index in [2.05, 4.69) is 38.2 Å². The Labute approximate surface area is 103 Å². The molecule has 0 bridgehead atoms. The van der Waals surface area contributed by atoms with Crippen molar-refractivity contribution >= 4 is 11.3 Å². The molecule has 0 aliphatic carbocycles. The Hall–Kier alpha value is -0.380. The lowest BCUT2D eigenvalue weighted by Gasteiger charge is -2.14. The Bertz CT molecular complexity index is 294. The van der Waals surface area contributed by atoms with Gasteiger partial charge in [-0.2, -0.15) is 0 Å². The molecule has 1 aromatic rings. The van der Waals surface area contributed by atoms with Crippen molar-refractivity contribution in [2.45, 2.75) is 46.2 Å². The summed E-state index contributed by atoms with van der Waals surface area (Å²) in [5, 5.41) is 3.43. The zero-order chi connectivity index (χ0) is 12.0. The van der Waals surface area contributed by atoms with E-state index in [1.165, 1.54) is 9.75 Å². The number of thiophene rings is 1. The molecule has 0 fully saturated rings. The van der Waals surface area contributed by atoms with Crippen LogP contribution in [0.5, 0.6) is 0 Å². The topological polar surface area (TPSA) is 38.0 Å². The van der Waals surface area contributed by atoms with Gasteiger partial charge in [0.25, 0.3) is 0 Å². The van der Waals surface area contributed by atoms with Gasteiger partial charge in [0, 0.05) is 28.9 Å². The molecule has 1 unspecified atom stereocenters. The number of hydrogen-bond acceptors (Lipinski definition) is 3. The van der Waals surface area contributed by atoms with Crippen LogP contribution < -0.4 is 11.1 Å². The zero-order valence-corrected chi connectivity index (χ0v) is 11.4. The van der Waals surface area contributed by atoms with Crippen molar-refractivity contribution in [2.75, 3.05) is 6.54 Å². The smallest absolute Gasteiger partial charge is 0.0300 e. The molecule has 1 aromatic heterocycles. The minimum Gasteiger partial charge on any atom is -0.327 e. The lowest BCUT2D eigenvalue weighted by Crippen LogP contribution is -2.34. The van der Waals surface area contributed by atoms with Gasteiger partial charge in [-0.25, -0.2) is 0 Å². The molecule has 0 amide bonds. The van der Waals surface area contributed by atoms with Gasteiger partial charge in [0.05, 0.1) is 0 Å². The quantitative estimate of drug-likeness (QED) is 0.769. The van der Waals surface area contributed by atoms with Gasteiger partial charge in [0.1, 0.15) is 0 Å². The normalized spacial score (nSPS) is 13.3. The van der Waals surface area contributed by atoms with Gasteiger partial charge in [-0.15, -0.1) is 11.3 Å². The zero-order valence-electron chi connectivity index (χ0n) is 10.6. The average molecular weight is 240 g/mol. The Morgan fingerprint density at radius 3 is 2.56 bits per heavy atom. The number of rotatable bonds is 7. The molecular weight excluding hydrogens is 216 g/mol. The van der Waals surface area contributed by atoms with Crippen molar-refractivity contribution in [1.29, 1.82) is 0 Å². The highest BCUT2D eigenvalue weighted by atomic mass is 32.1. The van der Waals surface area contributed by atoms with E-state index >= 15 is 0 Å². The predicted molar refractivity (Wildman–Crippen MR) is 72.8 cm³/mol. The van der Waals surface area contributed by atoms with Crippen LogP contribution >= 0.6 is 11.3 Å². The largest absolute Gasteiger partial charge is 0.327 e. The molecule has 92 valence electrons. The molecule has 2 nitrogen and oxygen atoms in total. The SMILES string of the molecule is CCc1ccc(CNCC(N)CC(C)C)s1. The van der Waals surface area contributed by atoms with E-state index in [1.807, 2.05) is 11.3 Å². The number of aryl methyl sites for hydroxylation is 1. The van der Waals surface area contributed by atoms with Crippen LogP contribution in [0.1, 0.15) is 36.9 Å². The lowest BCUT2D eigenvalue weighted by atomic mass is 10.0. The molecule has 1 rings (SSSR count). The van der Waals surface area contributed by atoms with E-state index < -0.39 is 0 Å². The van der Waals surface area contributed by atoms with Gasteiger partial charge in [-0.05, 0) is 30.9 Å². The van der Waals surface area contributed by atoms with Crippen molar-refractivity contribution in [3.63, 3.8) is 0 Å². The second-order valence-corrected chi connectivity index (χ2v) is 5.99. The van der Waals surface area contributed by atoms with Crippen molar-refractivity contribution in [3.8, 4) is 0 Å². The van der Waals surface area contributed by atoms with Gasteiger partial charge in [-0.3, -0.25) is 0 Å². The maximum absolute atomic E-state index is 6.01. The van der Waals surface area contributed by atoms with Gasteiger partial charge < -0.3 is 11.1 Å². The molecule has 3 N–H and O–H groups in total. The fraction of sp³-hybridized carbons (Fsp3) is 0.692. The summed E-state index contributed by atoms with van der Waals surface area (Å²) >= 11 is 1.90. The van der Waals surface area contributed by atoms with E-state index in [4.69, 9.17) is 5.73 Å². The molecule has 0 aliphatic rings. The fourth-order valence-electron chi connectivity index (χ4n) is 1.78. The van der Waals surface area contributed by atoms with E-state index in [0.29, 0.717) is 5.92 Å². The maximum Gasteiger partial charge on any atom is 0.0300 e. The molecule has 0 saturated heterocycles. The summed E-state index contributed by atoms with van der Waals surface area (Å²) in [5.74, 6) is 0.685. The van der Waals surface area contributed by atoms with E-state index in [9.17, 15) is 0 Å². The third-order valence-electron chi connectivity index (χ3n) is 2.55. The van der Waals surface area contributed by atoms with E-state index in [1.54, 1.807) is 0 Å². The molecule has 0 spiro atoms. The van der Waals surface area contributed by atoms with Crippen molar-refractivity contribution in [1.82, 2.24) is 5.32 Å². The summed E-state index contributed by atoms with van der Waals surface area (Å²) in [5.41, 5.74) is 6.01. The number of nitrogens with one attached hydrogen (secondary N) is 1.